The molecule has 0 atom stereocenters. The Morgan fingerprint density at radius 1 is 1.09 bits per heavy atom. The van der Waals surface area contributed by atoms with E-state index in [1.807, 2.05) is 19.9 Å². The molecule has 2 N–H and O–H groups in total. The highest BCUT2D eigenvalue weighted by Gasteiger charge is 2.15. The number of amides is 2. The van der Waals surface area contributed by atoms with Crippen LogP contribution in [0.2, 0.25) is 0 Å². The number of rotatable bonds is 5. The maximum Gasteiger partial charge on any atom is 0.268 e. The summed E-state index contributed by atoms with van der Waals surface area (Å²) in [5.74, 6) is -0.227. The second kappa shape index (κ2) is 7.26. The molecule has 2 aromatic rings. The van der Waals surface area contributed by atoms with Crippen LogP contribution in [-0.4, -0.2) is 17.9 Å². The molecule has 114 valence electrons. The Morgan fingerprint density at radius 3 is 2.41 bits per heavy atom. The maximum atomic E-state index is 12.2. The smallest absolute Gasteiger partial charge is 0.268 e. The molecule has 1 aromatic heterocycles. The van der Waals surface area contributed by atoms with Gasteiger partial charge in [0.15, 0.2) is 0 Å². The van der Waals surface area contributed by atoms with Crippen molar-refractivity contribution in [3.63, 3.8) is 0 Å². The van der Waals surface area contributed by atoms with E-state index in [2.05, 4.69) is 10.6 Å². The van der Waals surface area contributed by atoms with Crippen molar-refractivity contribution in [3.05, 3.63) is 65.7 Å². The van der Waals surface area contributed by atoms with E-state index in [0.717, 1.165) is 0 Å². The van der Waals surface area contributed by atoms with Gasteiger partial charge in [-0.15, -0.1) is 0 Å². The van der Waals surface area contributed by atoms with Gasteiger partial charge in [-0.2, -0.15) is 0 Å². The third kappa shape index (κ3) is 4.34. The van der Waals surface area contributed by atoms with Gasteiger partial charge >= 0.3 is 0 Å². The summed E-state index contributed by atoms with van der Waals surface area (Å²) in [6, 6.07) is 12.1. The zero-order valence-corrected chi connectivity index (χ0v) is 12.5. The number of carbonyl (C=O) groups is 2. The predicted octanol–water partition coefficient (Wildman–Crippen LogP) is 2.58. The monoisotopic (exact) mass is 298 g/mol. The van der Waals surface area contributed by atoms with Crippen molar-refractivity contribution in [2.45, 2.75) is 19.9 Å². The molecule has 0 aliphatic heterocycles. The first-order valence-corrected chi connectivity index (χ1v) is 6.98. The third-order valence-electron chi connectivity index (χ3n) is 2.78. The Hall–Kier alpha value is -2.82. The SMILES string of the molecule is CC(C)NC(=O)C(=Cc1ccco1)NC(=O)c1ccccc1. The van der Waals surface area contributed by atoms with E-state index in [1.54, 1.807) is 36.4 Å². The molecule has 0 aliphatic carbocycles. The minimum Gasteiger partial charge on any atom is -0.465 e. The Labute approximate surface area is 129 Å². The van der Waals surface area contributed by atoms with Gasteiger partial charge in [-0.3, -0.25) is 9.59 Å². The normalized spacial score (nSPS) is 11.3. The summed E-state index contributed by atoms with van der Waals surface area (Å²) in [4.78, 5) is 24.4. The van der Waals surface area contributed by atoms with E-state index in [1.165, 1.54) is 12.3 Å². The molecule has 0 saturated heterocycles. The number of benzene rings is 1. The molecule has 0 aliphatic rings. The summed E-state index contributed by atoms with van der Waals surface area (Å²) >= 11 is 0. The third-order valence-corrected chi connectivity index (χ3v) is 2.78. The first kappa shape index (κ1) is 15.6. The topological polar surface area (TPSA) is 71.3 Å². The van der Waals surface area contributed by atoms with Gasteiger partial charge in [-0.25, -0.2) is 0 Å². The first-order valence-electron chi connectivity index (χ1n) is 6.98. The fraction of sp³-hybridized carbons (Fsp3) is 0.176. The average Bonchev–Trinajstić information content (AvgIpc) is 2.99. The summed E-state index contributed by atoms with van der Waals surface area (Å²) in [6.07, 6.45) is 3.00. The van der Waals surface area contributed by atoms with Crippen LogP contribution in [0.3, 0.4) is 0 Å². The van der Waals surface area contributed by atoms with Gasteiger partial charge in [0.1, 0.15) is 11.5 Å². The van der Waals surface area contributed by atoms with Gasteiger partial charge < -0.3 is 15.1 Å². The van der Waals surface area contributed by atoms with Crippen LogP contribution in [0.5, 0.6) is 0 Å². The second-order valence-corrected chi connectivity index (χ2v) is 5.02. The molecule has 2 rings (SSSR count). The van der Waals surface area contributed by atoms with Gasteiger partial charge in [0.25, 0.3) is 11.8 Å². The minimum absolute atomic E-state index is 0.0406. The standard InChI is InChI=1S/C17H18N2O3/c1-12(2)18-17(21)15(11-14-9-6-10-22-14)19-16(20)13-7-4-3-5-8-13/h3-12H,1-2H3,(H,18,21)(H,19,20). The van der Waals surface area contributed by atoms with Gasteiger partial charge in [0.2, 0.25) is 0 Å². The minimum atomic E-state index is -0.365. The Bertz CT molecular complexity index is 658. The van der Waals surface area contributed by atoms with Crippen LogP contribution in [0, 0.1) is 0 Å². The van der Waals surface area contributed by atoms with Gasteiger partial charge in [-0.1, -0.05) is 18.2 Å². The van der Waals surface area contributed by atoms with Crippen molar-refractivity contribution in [3.8, 4) is 0 Å². The number of hydrogen-bond acceptors (Lipinski definition) is 3. The summed E-state index contributed by atoms with van der Waals surface area (Å²) in [5.41, 5.74) is 0.614. The fourth-order valence-corrected chi connectivity index (χ4v) is 1.80. The quantitative estimate of drug-likeness (QED) is 0.833. The van der Waals surface area contributed by atoms with Gasteiger partial charge in [0.05, 0.1) is 6.26 Å². The lowest BCUT2D eigenvalue weighted by Gasteiger charge is -2.12. The average molecular weight is 298 g/mol. The number of hydrogen-bond donors (Lipinski definition) is 2. The summed E-state index contributed by atoms with van der Waals surface area (Å²) in [5, 5.41) is 5.38. The highest BCUT2D eigenvalue weighted by Crippen LogP contribution is 2.08. The molecule has 0 saturated carbocycles. The van der Waals surface area contributed by atoms with Crippen LogP contribution >= 0.6 is 0 Å². The molecule has 0 unspecified atom stereocenters. The molecule has 0 fully saturated rings. The largest absolute Gasteiger partial charge is 0.465 e. The second-order valence-electron chi connectivity index (χ2n) is 5.02. The van der Waals surface area contributed by atoms with Crippen LogP contribution in [0.1, 0.15) is 30.0 Å². The molecule has 0 spiro atoms. The highest BCUT2D eigenvalue weighted by molar-refractivity contribution is 6.05. The van der Waals surface area contributed by atoms with E-state index >= 15 is 0 Å². The van der Waals surface area contributed by atoms with Crippen LogP contribution < -0.4 is 10.6 Å². The Kier molecular flexibility index (Phi) is 5.14. The lowest BCUT2D eigenvalue weighted by atomic mass is 10.2. The van der Waals surface area contributed by atoms with Crippen molar-refractivity contribution >= 4 is 17.9 Å². The Morgan fingerprint density at radius 2 is 1.82 bits per heavy atom. The Balaban J connectivity index is 2.21. The van der Waals surface area contributed by atoms with E-state index in [0.29, 0.717) is 11.3 Å². The molecule has 0 bridgehead atoms. The van der Waals surface area contributed by atoms with Gasteiger partial charge in [-0.05, 0) is 38.1 Å². The number of furan rings is 1. The molecular weight excluding hydrogens is 280 g/mol. The molecule has 0 radical (unpaired) electrons. The van der Waals surface area contributed by atoms with Gasteiger partial charge in [0, 0.05) is 17.7 Å². The zero-order chi connectivity index (χ0) is 15.9. The molecule has 5 nitrogen and oxygen atoms in total. The van der Waals surface area contributed by atoms with Crippen LogP contribution in [0.15, 0.2) is 58.8 Å². The number of carbonyl (C=O) groups excluding carboxylic acids is 2. The van der Waals surface area contributed by atoms with E-state index in [9.17, 15) is 9.59 Å². The lowest BCUT2D eigenvalue weighted by Crippen LogP contribution is -2.38. The lowest BCUT2D eigenvalue weighted by molar-refractivity contribution is -0.118. The molecule has 1 aromatic carbocycles. The first-order chi connectivity index (χ1) is 10.6. The van der Waals surface area contributed by atoms with E-state index < -0.39 is 0 Å². The summed E-state index contributed by atoms with van der Waals surface area (Å²) in [6.45, 7) is 3.70. The highest BCUT2D eigenvalue weighted by atomic mass is 16.3. The van der Waals surface area contributed by atoms with E-state index in [4.69, 9.17) is 4.42 Å². The predicted molar refractivity (Wildman–Crippen MR) is 83.9 cm³/mol. The van der Waals surface area contributed by atoms with Crippen molar-refractivity contribution < 1.29 is 14.0 Å². The van der Waals surface area contributed by atoms with Crippen LogP contribution in [0.4, 0.5) is 0 Å². The van der Waals surface area contributed by atoms with Crippen LogP contribution in [-0.2, 0) is 4.79 Å². The summed E-state index contributed by atoms with van der Waals surface area (Å²) in [7, 11) is 0. The van der Waals surface area contributed by atoms with Crippen molar-refractivity contribution in [2.24, 2.45) is 0 Å². The van der Waals surface area contributed by atoms with Crippen molar-refractivity contribution in [2.75, 3.05) is 0 Å². The maximum absolute atomic E-state index is 12.2. The molecular formula is C17H18N2O3. The molecule has 22 heavy (non-hydrogen) atoms. The summed E-state index contributed by atoms with van der Waals surface area (Å²) < 4.78 is 5.20. The van der Waals surface area contributed by atoms with Crippen LogP contribution in [0.25, 0.3) is 6.08 Å². The fourth-order valence-electron chi connectivity index (χ4n) is 1.80. The van der Waals surface area contributed by atoms with Crippen molar-refractivity contribution in [1.29, 1.82) is 0 Å². The zero-order valence-electron chi connectivity index (χ0n) is 12.5. The van der Waals surface area contributed by atoms with Crippen molar-refractivity contribution in [1.82, 2.24) is 10.6 Å². The molecule has 2 amide bonds. The molecule has 5 heteroatoms. The van der Waals surface area contributed by atoms with E-state index in [-0.39, 0.29) is 23.6 Å². The number of nitrogens with one attached hydrogen (secondary N) is 2. The molecule has 1 heterocycles.